The van der Waals surface area contributed by atoms with Crippen LogP contribution in [0.15, 0.2) is 72.9 Å². The number of hydrogen-bond donors (Lipinski definition) is 2. The molecule has 2 amide bonds. The lowest BCUT2D eigenvalue weighted by Gasteiger charge is -2.20. The highest BCUT2D eigenvalue weighted by molar-refractivity contribution is 6.17. The van der Waals surface area contributed by atoms with Crippen molar-refractivity contribution < 1.29 is 19.1 Å². The molecule has 8 heteroatoms. The molecule has 0 radical (unpaired) electrons. The Hall–Kier alpha value is -4.43. The monoisotopic (exact) mass is 564 g/mol. The fourth-order valence-corrected chi connectivity index (χ4v) is 5.75. The number of benzene rings is 3. The highest BCUT2D eigenvalue weighted by atomic mass is 16.5. The number of anilines is 2. The van der Waals surface area contributed by atoms with Crippen molar-refractivity contribution in [3.8, 4) is 11.5 Å². The van der Waals surface area contributed by atoms with Gasteiger partial charge in [0, 0.05) is 35.6 Å². The number of nitrogens with one attached hydrogen (secondary N) is 2. The Kier molecular flexibility index (Phi) is 7.80. The average molecular weight is 565 g/mol. The Balaban J connectivity index is 1.11. The highest BCUT2D eigenvalue weighted by Crippen LogP contribution is 2.47. The third-order valence-corrected chi connectivity index (χ3v) is 8.42. The van der Waals surface area contributed by atoms with Gasteiger partial charge in [0.1, 0.15) is 5.41 Å². The molecule has 216 valence electrons. The summed E-state index contributed by atoms with van der Waals surface area (Å²) in [4.78, 5) is 33.6. The van der Waals surface area contributed by atoms with Crippen molar-refractivity contribution in [3.05, 3.63) is 89.6 Å². The number of carbonyl (C=O) groups is 2. The Labute approximate surface area is 246 Å². The lowest BCUT2D eigenvalue weighted by atomic mass is 10.0. The fourth-order valence-electron chi connectivity index (χ4n) is 5.75. The van der Waals surface area contributed by atoms with Crippen LogP contribution in [-0.4, -0.2) is 49.0 Å². The molecule has 1 aliphatic carbocycles. The lowest BCUT2D eigenvalue weighted by molar-refractivity contribution is -0.131. The van der Waals surface area contributed by atoms with E-state index in [4.69, 9.17) is 9.47 Å². The zero-order chi connectivity index (χ0) is 29.1. The number of likely N-dealkylation sites (tertiary alicyclic amines) is 1. The Morgan fingerprint density at radius 2 is 1.55 bits per heavy atom. The van der Waals surface area contributed by atoms with E-state index in [0.717, 1.165) is 52.9 Å². The van der Waals surface area contributed by atoms with E-state index in [2.05, 4.69) is 26.6 Å². The van der Waals surface area contributed by atoms with Crippen molar-refractivity contribution >= 4 is 34.1 Å². The van der Waals surface area contributed by atoms with Crippen LogP contribution in [0.25, 0.3) is 10.9 Å². The van der Waals surface area contributed by atoms with Crippen LogP contribution in [0.2, 0.25) is 0 Å². The number of hydrogen-bond acceptors (Lipinski definition) is 6. The highest BCUT2D eigenvalue weighted by Gasteiger charge is 2.56. The van der Waals surface area contributed by atoms with Gasteiger partial charge in [0.05, 0.1) is 19.7 Å². The molecule has 0 spiro atoms. The van der Waals surface area contributed by atoms with Gasteiger partial charge in [-0.05, 0) is 92.2 Å². The number of methoxy groups -OCH3 is 2. The summed E-state index contributed by atoms with van der Waals surface area (Å²) in [5.41, 5.74) is 4.54. The van der Waals surface area contributed by atoms with E-state index in [0.29, 0.717) is 36.4 Å². The minimum atomic E-state index is -1.03. The van der Waals surface area contributed by atoms with Crippen LogP contribution >= 0.6 is 0 Å². The van der Waals surface area contributed by atoms with Gasteiger partial charge in [-0.1, -0.05) is 30.3 Å². The minimum Gasteiger partial charge on any atom is -0.493 e. The van der Waals surface area contributed by atoms with Crippen molar-refractivity contribution in [2.75, 3.05) is 37.9 Å². The van der Waals surface area contributed by atoms with Gasteiger partial charge in [-0.2, -0.15) is 0 Å². The summed E-state index contributed by atoms with van der Waals surface area (Å²) in [6.45, 7) is 2.96. The topological polar surface area (TPSA) is 92.8 Å². The number of amides is 2. The second kappa shape index (κ2) is 11.8. The third-order valence-electron chi connectivity index (χ3n) is 8.42. The number of pyridine rings is 1. The number of rotatable bonds is 10. The largest absolute Gasteiger partial charge is 0.493 e. The van der Waals surface area contributed by atoms with Crippen LogP contribution in [0.5, 0.6) is 11.5 Å². The smallest absolute Gasteiger partial charge is 0.240 e. The number of ether oxygens (including phenoxy) is 2. The van der Waals surface area contributed by atoms with Gasteiger partial charge < -0.3 is 20.1 Å². The van der Waals surface area contributed by atoms with Crippen LogP contribution in [0.4, 0.5) is 11.4 Å². The summed E-state index contributed by atoms with van der Waals surface area (Å²) >= 11 is 0. The number of aromatic nitrogens is 1. The van der Waals surface area contributed by atoms with Crippen LogP contribution < -0.4 is 20.1 Å². The molecular weight excluding hydrogens is 528 g/mol. The molecule has 1 saturated heterocycles. The number of nitrogens with zero attached hydrogens (tertiary/aromatic N) is 2. The maximum Gasteiger partial charge on any atom is 0.240 e. The molecule has 0 atom stereocenters. The first-order valence-electron chi connectivity index (χ1n) is 14.5. The molecule has 8 nitrogen and oxygen atoms in total. The first-order valence-corrected chi connectivity index (χ1v) is 14.5. The van der Waals surface area contributed by atoms with E-state index < -0.39 is 5.41 Å². The standard InChI is InChI=1S/C34H36N4O4/c1-41-30-20-27-24(13-16-35-29(27)21-31(30)42-2)19-23-9-11-26(12-10-23)36-32(39)34(14-15-34)33(40)37-28-8-4-3-7-25(28)22-38-17-5-6-18-38/h3-4,7-13,16,20-21H,5-6,14-15,17-19,22H2,1-2H3,(H,36,39)(H,37,40). The molecule has 0 unspecified atom stereocenters. The van der Waals surface area contributed by atoms with Gasteiger partial charge in [-0.3, -0.25) is 19.5 Å². The Morgan fingerprint density at radius 1 is 0.857 bits per heavy atom. The van der Waals surface area contributed by atoms with Gasteiger partial charge in [-0.15, -0.1) is 0 Å². The zero-order valence-electron chi connectivity index (χ0n) is 24.1. The first-order chi connectivity index (χ1) is 20.5. The van der Waals surface area contributed by atoms with Gasteiger partial charge in [0.15, 0.2) is 11.5 Å². The molecule has 3 aromatic carbocycles. The van der Waals surface area contributed by atoms with Crippen molar-refractivity contribution in [3.63, 3.8) is 0 Å². The molecule has 1 aromatic heterocycles. The van der Waals surface area contributed by atoms with Gasteiger partial charge in [0.25, 0.3) is 0 Å². The van der Waals surface area contributed by atoms with Crippen molar-refractivity contribution in [2.24, 2.45) is 5.41 Å². The molecule has 2 heterocycles. The Bertz CT molecular complexity index is 1610. The maximum atomic E-state index is 13.4. The summed E-state index contributed by atoms with van der Waals surface area (Å²) in [6, 6.07) is 21.5. The van der Waals surface area contributed by atoms with E-state index in [1.54, 1.807) is 20.4 Å². The first kappa shape index (κ1) is 27.7. The number of fused-ring (bicyclic) bond motifs is 1. The van der Waals surface area contributed by atoms with Crippen molar-refractivity contribution in [1.82, 2.24) is 9.88 Å². The fraction of sp³-hybridized carbons (Fsp3) is 0.324. The molecule has 0 bridgehead atoms. The second-order valence-corrected chi connectivity index (χ2v) is 11.2. The summed E-state index contributed by atoms with van der Waals surface area (Å²) in [6.07, 6.45) is 5.99. The van der Waals surface area contributed by atoms with Crippen molar-refractivity contribution in [1.29, 1.82) is 0 Å². The van der Waals surface area contributed by atoms with E-state index >= 15 is 0 Å². The van der Waals surface area contributed by atoms with Crippen LogP contribution in [0.3, 0.4) is 0 Å². The van der Waals surface area contributed by atoms with Crippen LogP contribution in [0, 0.1) is 5.41 Å². The second-order valence-electron chi connectivity index (χ2n) is 11.2. The SMILES string of the molecule is COc1cc2nccc(Cc3ccc(NC(=O)C4(C(=O)Nc5ccccc5CN5CCCC5)CC4)cc3)c2cc1OC. The molecule has 6 rings (SSSR count). The van der Waals surface area contributed by atoms with E-state index in [-0.39, 0.29) is 11.8 Å². The lowest BCUT2D eigenvalue weighted by Crippen LogP contribution is -2.36. The number of carbonyl (C=O) groups excluding carboxylic acids is 2. The zero-order valence-corrected chi connectivity index (χ0v) is 24.1. The summed E-state index contributed by atoms with van der Waals surface area (Å²) in [7, 11) is 3.23. The maximum absolute atomic E-state index is 13.4. The average Bonchev–Trinajstić information content (AvgIpc) is 3.68. The van der Waals surface area contributed by atoms with Crippen LogP contribution in [-0.2, 0) is 22.6 Å². The summed E-state index contributed by atoms with van der Waals surface area (Å²) in [5, 5.41) is 7.05. The van der Waals surface area contributed by atoms with E-state index in [1.165, 1.54) is 12.8 Å². The van der Waals surface area contributed by atoms with Gasteiger partial charge in [-0.25, -0.2) is 0 Å². The molecule has 1 saturated carbocycles. The van der Waals surface area contributed by atoms with E-state index in [9.17, 15) is 9.59 Å². The van der Waals surface area contributed by atoms with Gasteiger partial charge in [0.2, 0.25) is 11.8 Å². The predicted octanol–water partition coefficient (Wildman–Crippen LogP) is 5.80. The third kappa shape index (κ3) is 5.67. The normalized spacial score (nSPS) is 15.8. The van der Waals surface area contributed by atoms with Crippen LogP contribution in [0.1, 0.15) is 42.4 Å². The molecule has 2 N–H and O–H groups in total. The quantitative estimate of drug-likeness (QED) is 0.237. The minimum absolute atomic E-state index is 0.234. The van der Waals surface area contributed by atoms with Gasteiger partial charge >= 0.3 is 0 Å². The Morgan fingerprint density at radius 3 is 2.26 bits per heavy atom. The molecule has 1 aliphatic heterocycles. The predicted molar refractivity (Wildman–Crippen MR) is 164 cm³/mol. The molecule has 2 fully saturated rings. The number of para-hydroxylation sites is 1. The van der Waals surface area contributed by atoms with E-state index in [1.807, 2.05) is 60.7 Å². The molecule has 2 aliphatic rings. The summed E-state index contributed by atoms with van der Waals surface area (Å²) in [5.74, 6) is 0.807. The van der Waals surface area contributed by atoms with Crippen molar-refractivity contribution in [2.45, 2.75) is 38.6 Å². The molecule has 42 heavy (non-hydrogen) atoms. The molecule has 4 aromatic rings. The molecular formula is C34H36N4O4. The summed E-state index contributed by atoms with van der Waals surface area (Å²) < 4.78 is 10.9.